The van der Waals surface area contributed by atoms with Gasteiger partial charge in [0.15, 0.2) is 0 Å². The zero-order valence-electron chi connectivity index (χ0n) is 27.9. The third kappa shape index (κ3) is 7.42. The summed E-state index contributed by atoms with van der Waals surface area (Å²) in [6, 6.07) is 13.1. The lowest BCUT2D eigenvalue weighted by Crippen LogP contribution is -2.42. The highest BCUT2D eigenvalue weighted by atomic mass is 32.2. The lowest BCUT2D eigenvalue weighted by atomic mass is 9.81. The summed E-state index contributed by atoms with van der Waals surface area (Å²) in [5, 5.41) is 1.21. The highest BCUT2D eigenvalue weighted by molar-refractivity contribution is 7.95. The minimum Gasteiger partial charge on any atom is -0.378 e. The first-order valence-electron chi connectivity index (χ1n) is 16.9. The molecule has 254 valence electrons. The summed E-state index contributed by atoms with van der Waals surface area (Å²) in [5.74, 6) is 0.228. The number of aromatic nitrogens is 1. The predicted molar refractivity (Wildman–Crippen MR) is 194 cm³/mol. The number of nitrogens with zero attached hydrogens (tertiary/aromatic N) is 4. The molecule has 2 amide bonds. The zero-order valence-corrected chi connectivity index (χ0v) is 28.8. The Morgan fingerprint density at radius 1 is 1.04 bits per heavy atom. The Morgan fingerprint density at radius 2 is 1.79 bits per heavy atom. The molecule has 2 fully saturated rings. The summed E-state index contributed by atoms with van der Waals surface area (Å²) in [6.07, 6.45) is 7.74. The van der Waals surface area contributed by atoms with Crippen LogP contribution < -0.4 is 4.72 Å². The summed E-state index contributed by atoms with van der Waals surface area (Å²) in [6.45, 7) is 10.6. The Bertz CT molecular complexity index is 1600. The van der Waals surface area contributed by atoms with E-state index in [1.807, 2.05) is 42.5 Å². The van der Waals surface area contributed by atoms with Gasteiger partial charge in [0.1, 0.15) is 0 Å². The van der Waals surface area contributed by atoms with Gasteiger partial charge in [-0.15, -0.1) is 0 Å². The first-order chi connectivity index (χ1) is 22.2. The molecular weight excluding hydrogens is 607 g/mol. The van der Waals surface area contributed by atoms with Crippen LogP contribution >= 0.6 is 12.1 Å². The van der Waals surface area contributed by atoms with Gasteiger partial charge in [-0.3, -0.25) is 14.3 Å². The fourth-order valence-electron chi connectivity index (χ4n) is 7.62. The van der Waals surface area contributed by atoms with Crippen LogP contribution in [0.1, 0.15) is 79.4 Å². The number of carbonyl (C=O) groups is 2. The number of likely N-dealkylation sites (N-methyl/N-ethyl adjacent to an activating group) is 1. The average molecular weight is 660 g/mol. The Balaban J connectivity index is 0.00000433. The van der Waals surface area contributed by atoms with E-state index in [2.05, 4.69) is 52.0 Å². The number of hydrogen-bond donors (Lipinski definition) is 1. The second kappa shape index (κ2) is 15.3. The van der Waals surface area contributed by atoms with Gasteiger partial charge < -0.3 is 19.1 Å². The number of morpholine rings is 1. The Labute approximate surface area is 285 Å². The van der Waals surface area contributed by atoms with Crippen LogP contribution in [0.25, 0.3) is 22.2 Å². The quantitative estimate of drug-likeness (QED) is 0.253. The highest BCUT2D eigenvalue weighted by Crippen LogP contribution is 2.47. The van der Waals surface area contributed by atoms with Gasteiger partial charge in [0.05, 0.1) is 31.4 Å². The van der Waals surface area contributed by atoms with E-state index in [0.29, 0.717) is 44.2 Å². The summed E-state index contributed by atoms with van der Waals surface area (Å²) in [5.41, 5.74) is 9.05. The molecule has 2 aromatic carbocycles. The van der Waals surface area contributed by atoms with Crippen LogP contribution in [-0.4, -0.2) is 84.5 Å². The lowest BCUT2D eigenvalue weighted by Gasteiger charge is -2.33. The van der Waals surface area contributed by atoms with E-state index < -0.39 is 0 Å². The molecule has 9 heteroatoms. The maximum absolute atomic E-state index is 14.4. The van der Waals surface area contributed by atoms with Crippen LogP contribution in [0.5, 0.6) is 0 Å². The van der Waals surface area contributed by atoms with Crippen molar-refractivity contribution in [2.24, 2.45) is 5.92 Å². The zero-order chi connectivity index (χ0) is 32.4. The molecule has 0 spiro atoms. The Morgan fingerprint density at radius 3 is 2.49 bits per heavy atom. The number of ether oxygens (including phenoxy) is 1. The Kier molecular flexibility index (Phi) is 11.4. The lowest BCUT2D eigenvalue weighted by molar-refractivity contribution is -0.134. The number of hydrogen-bond acceptors (Lipinski definition) is 6. The smallest absolute Gasteiger partial charge is 0.262 e. The maximum atomic E-state index is 14.4. The van der Waals surface area contributed by atoms with Crippen molar-refractivity contribution in [2.75, 3.05) is 54.0 Å². The van der Waals surface area contributed by atoms with E-state index in [-0.39, 0.29) is 25.2 Å². The van der Waals surface area contributed by atoms with E-state index in [1.54, 1.807) is 0 Å². The Hall–Kier alpha value is -3.27. The third-order valence-electron chi connectivity index (χ3n) is 10.0. The van der Waals surface area contributed by atoms with E-state index >= 15 is 0 Å². The largest absolute Gasteiger partial charge is 0.378 e. The number of benzene rings is 2. The molecule has 1 unspecified atom stereocenters. The maximum Gasteiger partial charge on any atom is 0.262 e. The van der Waals surface area contributed by atoms with Crippen molar-refractivity contribution in [2.45, 2.75) is 71.8 Å². The van der Waals surface area contributed by atoms with Gasteiger partial charge in [-0.25, -0.2) is 4.31 Å². The number of carbonyl (C=O) groups excluding carboxylic acids is 2. The van der Waals surface area contributed by atoms with Crippen molar-refractivity contribution < 1.29 is 14.3 Å². The average Bonchev–Trinajstić information content (AvgIpc) is 3.29. The third-order valence-corrected chi connectivity index (χ3v) is 10.6. The van der Waals surface area contributed by atoms with Crippen molar-refractivity contribution in [3.8, 4) is 11.3 Å². The second-order valence-corrected chi connectivity index (χ2v) is 14.5. The normalized spacial score (nSPS) is 18.2. The molecule has 3 heterocycles. The monoisotopic (exact) mass is 659 g/mol. The molecule has 0 bridgehead atoms. The van der Waals surface area contributed by atoms with E-state index in [9.17, 15) is 9.59 Å². The SMILES string of the molecule is C.C=C(CN(C)C(=O)C1Cc2cc(CC)ccc2-c2c(C3CCCCC3)c3ccc(C(=O)NSN(C)C)cc3n2C1)N1CCOCC1. The van der Waals surface area contributed by atoms with Crippen LogP contribution in [0.15, 0.2) is 48.7 Å². The van der Waals surface area contributed by atoms with Gasteiger partial charge in [0.2, 0.25) is 5.91 Å². The second-order valence-electron chi connectivity index (χ2n) is 13.4. The van der Waals surface area contributed by atoms with E-state index in [1.165, 1.54) is 77.6 Å². The summed E-state index contributed by atoms with van der Waals surface area (Å²) >= 11 is 1.28. The topological polar surface area (TPSA) is 70.1 Å². The number of amides is 2. The first-order valence-corrected chi connectivity index (χ1v) is 17.7. The molecule has 1 saturated heterocycles. The minimum absolute atomic E-state index is 0. The molecule has 2 aliphatic heterocycles. The molecule has 1 aromatic heterocycles. The molecule has 6 rings (SSSR count). The van der Waals surface area contributed by atoms with Crippen molar-refractivity contribution in [3.63, 3.8) is 0 Å². The van der Waals surface area contributed by atoms with Crippen molar-refractivity contribution in [3.05, 3.63) is 70.9 Å². The van der Waals surface area contributed by atoms with Gasteiger partial charge in [-0.2, -0.15) is 0 Å². The molecule has 47 heavy (non-hydrogen) atoms. The van der Waals surface area contributed by atoms with Gasteiger partial charge in [0, 0.05) is 66.5 Å². The minimum atomic E-state index is -0.244. The van der Waals surface area contributed by atoms with Gasteiger partial charge in [-0.05, 0) is 74.5 Å². The standard InChI is InChI=1S/C37H49N5O3S.CH4/c1-6-26-12-14-31-29(20-26)21-30(37(44)40(5)23-25(2)41-16-18-45-19-17-41)24-42-33-22-28(36(43)38-46-39(3)4)13-15-32(33)34(35(31)42)27-10-8-7-9-11-27;/h12-15,20,22,27,30H,2,6-11,16-19,21,23-24H2,1,3-5H3,(H,38,43);1H4. The number of nitrogens with one attached hydrogen (secondary N) is 1. The van der Waals surface area contributed by atoms with Crippen LogP contribution in [-0.2, 0) is 28.9 Å². The van der Waals surface area contributed by atoms with E-state index in [0.717, 1.165) is 30.7 Å². The van der Waals surface area contributed by atoms with Gasteiger partial charge >= 0.3 is 0 Å². The fourth-order valence-corrected chi connectivity index (χ4v) is 8.00. The van der Waals surface area contributed by atoms with Gasteiger partial charge in [0.25, 0.3) is 5.91 Å². The fraction of sp³-hybridized carbons (Fsp3) is 0.526. The van der Waals surface area contributed by atoms with Crippen LogP contribution in [0.4, 0.5) is 0 Å². The molecule has 1 aliphatic carbocycles. The number of aryl methyl sites for hydroxylation is 1. The summed E-state index contributed by atoms with van der Waals surface area (Å²) in [7, 11) is 5.72. The molecule has 8 nitrogen and oxygen atoms in total. The molecule has 1 saturated carbocycles. The molecule has 1 N–H and O–H groups in total. The summed E-state index contributed by atoms with van der Waals surface area (Å²) < 4.78 is 12.7. The first kappa shape index (κ1) is 35.0. The molecule has 1 atom stereocenters. The van der Waals surface area contributed by atoms with Crippen molar-refractivity contribution >= 4 is 34.9 Å². The molecule has 0 radical (unpaired) electrons. The molecule has 3 aromatic rings. The van der Waals surface area contributed by atoms with Crippen molar-refractivity contribution in [1.82, 2.24) is 23.4 Å². The predicted octanol–water partition coefficient (Wildman–Crippen LogP) is 6.89. The van der Waals surface area contributed by atoms with Gasteiger partial charge in [-0.1, -0.05) is 64.5 Å². The molecule has 3 aliphatic rings. The van der Waals surface area contributed by atoms with Crippen molar-refractivity contribution in [1.29, 1.82) is 0 Å². The van der Waals surface area contributed by atoms with Crippen LogP contribution in [0.2, 0.25) is 0 Å². The van der Waals surface area contributed by atoms with Crippen LogP contribution in [0.3, 0.4) is 0 Å². The summed E-state index contributed by atoms with van der Waals surface area (Å²) in [4.78, 5) is 31.7. The molecular formula is C38H53N5O3S. The van der Waals surface area contributed by atoms with Crippen LogP contribution in [0, 0.1) is 5.92 Å². The highest BCUT2D eigenvalue weighted by Gasteiger charge is 2.34. The van der Waals surface area contributed by atoms with E-state index in [4.69, 9.17) is 4.74 Å². The number of rotatable bonds is 9. The number of fused-ring (bicyclic) bond motifs is 5.